The van der Waals surface area contributed by atoms with Crippen molar-refractivity contribution in [1.82, 2.24) is 10.3 Å². The average Bonchev–Trinajstić information content (AvgIpc) is 2.98. The molecule has 2 N–H and O–H groups in total. The minimum atomic E-state index is 0.0400. The molecular weight excluding hydrogens is 236 g/mol. The monoisotopic (exact) mass is 256 g/mol. The second-order valence-electron chi connectivity index (χ2n) is 5.63. The normalized spacial score (nSPS) is 16.1. The van der Waals surface area contributed by atoms with Crippen LogP contribution in [0, 0.1) is 13.8 Å². The van der Waals surface area contributed by atoms with Gasteiger partial charge in [0.15, 0.2) is 0 Å². The predicted molar refractivity (Wildman–Crippen MR) is 77.5 cm³/mol. The van der Waals surface area contributed by atoms with Crippen LogP contribution in [0.5, 0.6) is 0 Å². The molecule has 1 aliphatic rings. The van der Waals surface area contributed by atoms with Gasteiger partial charge in [-0.1, -0.05) is 24.5 Å². The molecule has 0 bridgehead atoms. The van der Waals surface area contributed by atoms with Gasteiger partial charge in [0.1, 0.15) is 5.69 Å². The number of H-pyrrole nitrogens is 1. The molecule has 1 saturated carbocycles. The molecule has 0 spiro atoms. The quantitative estimate of drug-likeness (QED) is 0.849. The standard InChI is InChI=1S/C16H20N2O/c1-10-7-8-14-13(9-10)11(2)15(18-14)16(19)17-12-5-3-4-6-12/h7-9,12,18H,3-6H2,1-2H3,(H,17,19). The molecule has 0 saturated heterocycles. The molecule has 3 heteroatoms. The fraction of sp³-hybridized carbons (Fsp3) is 0.438. The number of hydrogen-bond donors (Lipinski definition) is 2. The first-order valence-corrected chi connectivity index (χ1v) is 7.05. The molecule has 1 aliphatic carbocycles. The molecule has 0 atom stereocenters. The Morgan fingerprint density at radius 1 is 1.26 bits per heavy atom. The van der Waals surface area contributed by atoms with E-state index in [2.05, 4.69) is 29.4 Å². The van der Waals surface area contributed by atoms with Crippen molar-refractivity contribution in [3.05, 3.63) is 35.0 Å². The van der Waals surface area contributed by atoms with E-state index in [1.807, 2.05) is 13.0 Å². The van der Waals surface area contributed by atoms with Crippen molar-refractivity contribution in [2.75, 3.05) is 0 Å². The minimum Gasteiger partial charge on any atom is -0.350 e. The summed E-state index contributed by atoms with van der Waals surface area (Å²) in [5, 5.41) is 4.29. The van der Waals surface area contributed by atoms with Gasteiger partial charge in [-0.25, -0.2) is 0 Å². The number of aryl methyl sites for hydroxylation is 2. The summed E-state index contributed by atoms with van der Waals surface area (Å²) in [5.41, 5.74) is 4.03. The van der Waals surface area contributed by atoms with Crippen LogP contribution in [0.1, 0.15) is 47.3 Å². The van der Waals surface area contributed by atoms with Crippen LogP contribution >= 0.6 is 0 Å². The van der Waals surface area contributed by atoms with Crippen molar-refractivity contribution in [2.24, 2.45) is 0 Å². The van der Waals surface area contributed by atoms with Crippen LogP contribution < -0.4 is 5.32 Å². The topological polar surface area (TPSA) is 44.9 Å². The molecule has 19 heavy (non-hydrogen) atoms. The van der Waals surface area contributed by atoms with Crippen molar-refractivity contribution in [3.8, 4) is 0 Å². The summed E-state index contributed by atoms with van der Waals surface area (Å²) in [6, 6.07) is 6.61. The lowest BCUT2D eigenvalue weighted by Gasteiger charge is -2.11. The van der Waals surface area contributed by atoms with Gasteiger partial charge in [-0.3, -0.25) is 4.79 Å². The SMILES string of the molecule is Cc1ccc2[nH]c(C(=O)NC3CCCC3)c(C)c2c1. The number of hydrogen-bond acceptors (Lipinski definition) is 1. The number of fused-ring (bicyclic) bond motifs is 1. The first-order chi connectivity index (χ1) is 9.15. The Labute approximate surface area is 113 Å². The Kier molecular flexibility index (Phi) is 3.05. The highest BCUT2D eigenvalue weighted by Crippen LogP contribution is 2.24. The molecule has 100 valence electrons. The number of aromatic amines is 1. The molecule has 1 fully saturated rings. The van der Waals surface area contributed by atoms with Gasteiger partial charge < -0.3 is 10.3 Å². The lowest BCUT2D eigenvalue weighted by molar-refractivity contribution is 0.0933. The van der Waals surface area contributed by atoms with Crippen molar-refractivity contribution in [2.45, 2.75) is 45.6 Å². The first-order valence-electron chi connectivity index (χ1n) is 7.05. The van der Waals surface area contributed by atoms with E-state index in [1.54, 1.807) is 0 Å². The fourth-order valence-electron chi connectivity index (χ4n) is 3.00. The number of rotatable bonds is 2. The summed E-state index contributed by atoms with van der Waals surface area (Å²) in [6.07, 6.45) is 4.69. The smallest absolute Gasteiger partial charge is 0.268 e. The fourth-order valence-corrected chi connectivity index (χ4v) is 3.00. The maximum atomic E-state index is 12.3. The molecular formula is C16H20N2O. The zero-order chi connectivity index (χ0) is 13.4. The van der Waals surface area contributed by atoms with E-state index in [-0.39, 0.29) is 5.91 Å². The van der Waals surface area contributed by atoms with Crippen LogP contribution in [0.25, 0.3) is 10.9 Å². The number of benzene rings is 1. The van der Waals surface area contributed by atoms with E-state index >= 15 is 0 Å². The molecule has 3 rings (SSSR count). The Balaban J connectivity index is 1.91. The van der Waals surface area contributed by atoms with E-state index in [0.717, 1.165) is 29.3 Å². The summed E-state index contributed by atoms with van der Waals surface area (Å²) >= 11 is 0. The third-order valence-electron chi connectivity index (χ3n) is 4.13. The largest absolute Gasteiger partial charge is 0.350 e. The summed E-state index contributed by atoms with van der Waals surface area (Å²) < 4.78 is 0. The van der Waals surface area contributed by atoms with Gasteiger partial charge in [0.05, 0.1) is 0 Å². The van der Waals surface area contributed by atoms with E-state index < -0.39 is 0 Å². The molecule has 1 aromatic carbocycles. The summed E-state index contributed by atoms with van der Waals surface area (Å²) in [6.45, 7) is 4.09. The number of carbonyl (C=O) groups excluding carboxylic acids is 1. The minimum absolute atomic E-state index is 0.0400. The first kappa shape index (κ1) is 12.3. The molecule has 1 heterocycles. The zero-order valence-corrected chi connectivity index (χ0v) is 11.5. The molecule has 3 nitrogen and oxygen atoms in total. The summed E-state index contributed by atoms with van der Waals surface area (Å²) in [4.78, 5) is 15.6. The van der Waals surface area contributed by atoms with Crippen LogP contribution in [-0.4, -0.2) is 16.9 Å². The highest BCUT2D eigenvalue weighted by Gasteiger charge is 2.20. The Bertz CT molecular complexity index is 621. The highest BCUT2D eigenvalue weighted by atomic mass is 16.1. The van der Waals surface area contributed by atoms with Crippen molar-refractivity contribution >= 4 is 16.8 Å². The van der Waals surface area contributed by atoms with E-state index in [0.29, 0.717) is 11.7 Å². The van der Waals surface area contributed by atoms with Crippen molar-refractivity contribution in [1.29, 1.82) is 0 Å². The number of amides is 1. The van der Waals surface area contributed by atoms with Crippen LogP contribution in [0.15, 0.2) is 18.2 Å². The lowest BCUT2D eigenvalue weighted by atomic mass is 10.1. The van der Waals surface area contributed by atoms with Gasteiger partial charge >= 0.3 is 0 Å². The number of nitrogens with one attached hydrogen (secondary N) is 2. The second-order valence-corrected chi connectivity index (χ2v) is 5.63. The van der Waals surface area contributed by atoms with E-state index in [4.69, 9.17) is 0 Å². The van der Waals surface area contributed by atoms with Gasteiger partial charge in [0.25, 0.3) is 5.91 Å². The molecule has 0 radical (unpaired) electrons. The average molecular weight is 256 g/mol. The molecule has 2 aromatic rings. The maximum absolute atomic E-state index is 12.3. The summed E-state index contributed by atoms with van der Waals surface area (Å²) in [5.74, 6) is 0.0400. The maximum Gasteiger partial charge on any atom is 0.268 e. The summed E-state index contributed by atoms with van der Waals surface area (Å²) in [7, 11) is 0. The lowest BCUT2D eigenvalue weighted by Crippen LogP contribution is -2.33. The highest BCUT2D eigenvalue weighted by molar-refractivity contribution is 6.01. The zero-order valence-electron chi connectivity index (χ0n) is 11.5. The Morgan fingerprint density at radius 3 is 2.74 bits per heavy atom. The van der Waals surface area contributed by atoms with Gasteiger partial charge in [0.2, 0.25) is 0 Å². The van der Waals surface area contributed by atoms with Gasteiger partial charge in [-0.15, -0.1) is 0 Å². The Hall–Kier alpha value is -1.77. The van der Waals surface area contributed by atoms with Gasteiger partial charge in [-0.05, 0) is 44.4 Å². The van der Waals surface area contributed by atoms with Crippen LogP contribution in [-0.2, 0) is 0 Å². The number of carbonyl (C=O) groups is 1. The molecule has 0 aliphatic heterocycles. The molecule has 0 unspecified atom stereocenters. The van der Waals surface area contributed by atoms with Crippen molar-refractivity contribution in [3.63, 3.8) is 0 Å². The van der Waals surface area contributed by atoms with Crippen molar-refractivity contribution < 1.29 is 4.79 Å². The van der Waals surface area contributed by atoms with Crippen LogP contribution in [0.4, 0.5) is 0 Å². The van der Waals surface area contributed by atoms with Gasteiger partial charge in [-0.2, -0.15) is 0 Å². The van der Waals surface area contributed by atoms with E-state index in [9.17, 15) is 4.79 Å². The third-order valence-corrected chi connectivity index (χ3v) is 4.13. The molecule has 1 amide bonds. The van der Waals surface area contributed by atoms with Gasteiger partial charge in [0, 0.05) is 16.9 Å². The Morgan fingerprint density at radius 2 is 2.00 bits per heavy atom. The van der Waals surface area contributed by atoms with Crippen LogP contribution in [0.3, 0.4) is 0 Å². The van der Waals surface area contributed by atoms with E-state index in [1.165, 1.54) is 18.4 Å². The second kappa shape index (κ2) is 4.72. The molecule has 1 aromatic heterocycles. The van der Waals surface area contributed by atoms with Crippen LogP contribution in [0.2, 0.25) is 0 Å². The number of aromatic nitrogens is 1. The predicted octanol–water partition coefficient (Wildman–Crippen LogP) is 3.46. The third kappa shape index (κ3) is 2.25.